The predicted molar refractivity (Wildman–Crippen MR) is 92.7 cm³/mol. The Bertz CT molecular complexity index is 885. The number of nitroso groups, excluding NO2 is 1. The maximum absolute atomic E-state index is 12.5. The fraction of sp³-hybridized carbons (Fsp3) is 0.200. The molecule has 2 aromatic rings. The van der Waals surface area contributed by atoms with Crippen molar-refractivity contribution in [3.8, 4) is 0 Å². The molecule has 0 atom stereocenters. The zero-order valence-electron chi connectivity index (χ0n) is 13.6. The van der Waals surface area contributed by atoms with Gasteiger partial charge in [0.1, 0.15) is 4.90 Å². The zero-order valence-corrected chi connectivity index (χ0v) is 14.4. The number of hydrogen-bond donors (Lipinski definition) is 2. The van der Waals surface area contributed by atoms with Gasteiger partial charge in [-0.2, -0.15) is 5.01 Å². The summed E-state index contributed by atoms with van der Waals surface area (Å²) < 4.78 is 26.8. The molecule has 0 saturated heterocycles. The molecule has 0 unspecified atom stereocenters. The molecule has 10 heteroatoms. The summed E-state index contributed by atoms with van der Waals surface area (Å²) in [6.07, 6.45) is 2.37. The van der Waals surface area contributed by atoms with Crippen molar-refractivity contribution in [2.45, 2.75) is 18.7 Å². The van der Waals surface area contributed by atoms with E-state index in [-0.39, 0.29) is 17.1 Å². The molecule has 2 amide bonds. The van der Waals surface area contributed by atoms with Crippen LogP contribution in [0.25, 0.3) is 0 Å². The standard InChI is InChI=1S/C15H17N5O4S/c1-3-17-15(21)18-25(23,24)14-10-16-8-7-13(14)20(19-22)12-6-4-5-11(2)9-12/h4-10H,3H2,1-2H3,(H2,17,18,21). The van der Waals surface area contributed by atoms with Crippen molar-refractivity contribution >= 4 is 27.4 Å². The number of rotatable bonds is 6. The summed E-state index contributed by atoms with van der Waals surface area (Å²) in [5.41, 5.74) is 1.23. The van der Waals surface area contributed by atoms with Gasteiger partial charge >= 0.3 is 6.03 Å². The minimum atomic E-state index is -4.25. The van der Waals surface area contributed by atoms with E-state index in [2.05, 4.69) is 15.6 Å². The summed E-state index contributed by atoms with van der Waals surface area (Å²) in [5, 5.41) is 6.18. The first-order valence-corrected chi connectivity index (χ1v) is 8.82. The van der Waals surface area contributed by atoms with Gasteiger partial charge in [0, 0.05) is 18.9 Å². The number of aryl methyl sites for hydroxylation is 1. The average Bonchev–Trinajstić information content (AvgIpc) is 2.56. The van der Waals surface area contributed by atoms with Gasteiger partial charge in [-0.3, -0.25) is 4.98 Å². The summed E-state index contributed by atoms with van der Waals surface area (Å²) in [4.78, 5) is 26.4. The van der Waals surface area contributed by atoms with Crippen LogP contribution in [0.15, 0.2) is 52.9 Å². The Morgan fingerprint density at radius 3 is 2.72 bits per heavy atom. The molecule has 0 saturated carbocycles. The highest BCUT2D eigenvalue weighted by atomic mass is 32.2. The van der Waals surface area contributed by atoms with E-state index in [9.17, 15) is 18.1 Å². The molecule has 132 valence electrons. The number of pyridine rings is 1. The normalized spacial score (nSPS) is 10.8. The first-order chi connectivity index (χ1) is 11.9. The Balaban J connectivity index is 2.49. The molecule has 0 aliphatic rings. The van der Waals surface area contributed by atoms with E-state index in [1.165, 1.54) is 12.3 Å². The lowest BCUT2D eigenvalue weighted by Crippen LogP contribution is -2.39. The molecule has 0 aliphatic heterocycles. The molecule has 1 heterocycles. The monoisotopic (exact) mass is 363 g/mol. The lowest BCUT2D eigenvalue weighted by Gasteiger charge is -2.19. The molecule has 1 aromatic carbocycles. The largest absolute Gasteiger partial charge is 0.338 e. The fourth-order valence-electron chi connectivity index (χ4n) is 2.12. The van der Waals surface area contributed by atoms with Crippen molar-refractivity contribution in [3.05, 3.63) is 53.2 Å². The highest BCUT2D eigenvalue weighted by Gasteiger charge is 2.25. The second-order valence-corrected chi connectivity index (χ2v) is 6.69. The first-order valence-electron chi connectivity index (χ1n) is 7.33. The molecule has 9 nitrogen and oxygen atoms in total. The van der Waals surface area contributed by atoms with E-state index in [1.807, 2.05) is 17.7 Å². The van der Waals surface area contributed by atoms with Gasteiger partial charge in [-0.05, 0) is 37.6 Å². The SMILES string of the molecule is CCNC(=O)NS(=O)(=O)c1cnccc1N(N=O)c1cccc(C)c1. The third-order valence-electron chi connectivity index (χ3n) is 3.17. The summed E-state index contributed by atoms with van der Waals surface area (Å²) in [6, 6.07) is 7.28. The van der Waals surface area contributed by atoms with Crippen molar-refractivity contribution in [1.29, 1.82) is 0 Å². The Morgan fingerprint density at radius 2 is 2.08 bits per heavy atom. The molecule has 0 aliphatic carbocycles. The number of anilines is 2. The molecule has 0 radical (unpaired) electrons. The van der Waals surface area contributed by atoms with Gasteiger partial charge < -0.3 is 5.32 Å². The van der Waals surface area contributed by atoms with Gasteiger partial charge in [0.2, 0.25) is 0 Å². The highest BCUT2D eigenvalue weighted by Crippen LogP contribution is 2.31. The van der Waals surface area contributed by atoms with E-state index in [1.54, 1.807) is 25.1 Å². The van der Waals surface area contributed by atoms with Crippen molar-refractivity contribution in [3.63, 3.8) is 0 Å². The smallest absolute Gasteiger partial charge is 0.328 e. The lowest BCUT2D eigenvalue weighted by molar-refractivity contribution is 0.246. The molecule has 0 bridgehead atoms. The minimum absolute atomic E-state index is 0.0209. The van der Waals surface area contributed by atoms with Crippen molar-refractivity contribution in [2.75, 3.05) is 11.6 Å². The van der Waals surface area contributed by atoms with Crippen molar-refractivity contribution < 1.29 is 13.2 Å². The van der Waals surface area contributed by atoms with Gasteiger partial charge in [0.15, 0.2) is 0 Å². The molecule has 0 spiro atoms. The Labute approximate surface area is 145 Å². The lowest BCUT2D eigenvalue weighted by atomic mass is 10.2. The number of amides is 2. The van der Waals surface area contributed by atoms with Crippen LogP contribution in [0.4, 0.5) is 16.2 Å². The number of urea groups is 1. The molecule has 2 N–H and O–H groups in total. The number of benzene rings is 1. The van der Waals surface area contributed by atoms with E-state index < -0.39 is 16.1 Å². The molecule has 25 heavy (non-hydrogen) atoms. The Hall–Kier alpha value is -3.01. The van der Waals surface area contributed by atoms with Crippen LogP contribution in [-0.4, -0.2) is 26.0 Å². The fourth-order valence-corrected chi connectivity index (χ4v) is 3.17. The van der Waals surface area contributed by atoms with Crippen molar-refractivity contribution in [1.82, 2.24) is 15.0 Å². The van der Waals surface area contributed by atoms with E-state index in [0.29, 0.717) is 5.69 Å². The van der Waals surface area contributed by atoms with E-state index in [0.717, 1.165) is 16.8 Å². The molecular formula is C15H17N5O4S. The Kier molecular flexibility index (Phi) is 5.65. The van der Waals surface area contributed by atoms with Gasteiger partial charge in [-0.15, -0.1) is 4.91 Å². The number of sulfonamides is 1. The minimum Gasteiger partial charge on any atom is -0.338 e. The maximum atomic E-state index is 12.5. The summed E-state index contributed by atoms with van der Waals surface area (Å²) >= 11 is 0. The second kappa shape index (κ2) is 7.71. The van der Waals surface area contributed by atoms with Gasteiger partial charge in [0.25, 0.3) is 10.0 Å². The number of nitrogens with one attached hydrogen (secondary N) is 2. The van der Waals surface area contributed by atoms with Crippen LogP contribution in [0.1, 0.15) is 12.5 Å². The molecule has 0 fully saturated rings. The van der Waals surface area contributed by atoms with E-state index >= 15 is 0 Å². The number of carbonyl (C=O) groups is 1. The third-order valence-corrected chi connectivity index (χ3v) is 4.52. The molecular weight excluding hydrogens is 346 g/mol. The van der Waals surface area contributed by atoms with Crippen LogP contribution < -0.4 is 15.0 Å². The number of nitrogens with zero attached hydrogens (tertiary/aromatic N) is 3. The van der Waals surface area contributed by atoms with Gasteiger partial charge in [-0.25, -0.2) is 17.9 Å². The number of carbonyl (C=O) groups excluding carboxylic acids is 1. The average molecular weight is 363 g/mol. The van der Waals surface area contributed by atoms with Crippen LogP contribution in [0, 0.1) is 11.8 Å². The second-order valence-electron chi connectivity index (χ2n) is 5.04. The van der Waals surface area contributed by atoms with Crippen LogP contribution >= 0.6 is 0 Å². The predicted octanol–water partition coefficient (Wildman–Crippen LogP) is 2.22. The quantitative estimate of drug-likeness (QED) is 0.599. The number of hydrogen-bond acceptors (Lipinski definition) is 6. The van der Waals surface area contributed by atoms with Crippen LogP contribution in [-0.2, 0) is 10.0 Å². The van der Waals surface area contributed by atoms with Crippen LogP contribution in [0.5, 0.6) is 0 Å². The third kappa shape index (κ3) is 4.29. The summed E-state index contributed by atoms with van der Waals surface area (Å²) in [7, 11) is -4.25. The summed E-state index contributed by atoms with van der Waals surface area (Å²) in [6.45, 7) is 3.73. The maximum Gasteiger partial charge on any atom is 0.328 e. The number of aromatic nitrogens is 1. The molecule has 1 aromatic heterocycles. The van der Waals surface area contributed by atoms with Crippen LogP contribution in [0.2, 0.25) is 0 Å². The zero-order chi connectivity index (χ0) is 18.4. The van der Waals surface area contributed by atoms with Gasteiger partial charge in [0.05, 0.1) is 16.7 Å². The highest BCUT2D eigenvalue weighted by molar-refractivity contribution is 7.90. The van der Waals surface area contributed by atoms with Crippen LogP contribution in [0.3, 0.4) is 0 Å². The van der Waals surface area contributed by atoms with Crippen molar-refractivity contribution in [2.24, 2.45) is 5.29 Å². The topological polar surface area (TPSA) is 121 Å². The molecule has 2 rings (SSSR count). The Morgan fingerprint density at radius 1 is 1.32 bits per heavy atom. The first kappa shape index (κ1) is 18.3. The summed E-state index contributed by atoms with van der Waals surface area (Å²) in [5.74, 6) is 0. The van der Waals surface area contributed by atoms with Gasteiger partial charge in [-0.1, -0.05) is 12.1 Å². The van der Waals surface area contributed by atoms with E-state index in [4.69, 9.17) is 0 Å².